The van der Waals surface area contributed by atoms with Crippen molar-refractivity contribution in [2.24, 2.45) is 0 Å². The van der Waals surface area contributed by atoms with Crippen molar-refractivity contribution in [1.29, 1.82) is 10.5 Å². The molecule has 0 amide bonds. The summed E-state index contributed by atoms with van der Waals surface area (Å²) in [7, 11) is 0. The first kappa shape index (κ1) is 17.4. The Bertz CT molecular complexity index is 1140. The topological polar surface area (TPSA) is 103 Å². The molecule has 7 heteroatoms. The van der Waals surface area contributed by atoms with Gasteiger partial charge in [-0.15, -0.1) is 11.3 Å². The van der Waals surface area contributed by atoms with E-state index in [9.17, 15) is 10.1 Å². The highest BCUT2D eigenvalue weighted by Gasteiger charge is 2.13. The largest absolute Gasteiger partial charge is 0.479 e. The molecule has 0 unspecified atom stereocenters. The van der Waals surface area contributed by atoms with Crippen molar-refractivity contribution in [2.75, 3.05) is 6.61 Å². The van der Waals surface area contributed by atoms with Gasteiger partial charge in [-0.1, -0.05) is 12.1 Å². The monoisotopic (exact) mass is 362 g/mol. The number of aromatic amines is 1. The number of aryl methyl sites for hydroxylation is 2. The molecule has 0 radical (unpaired) electrons. The zero-order valence-corrected chi connectivity index (χ0v) is 15.0. The first-order valence-electron chi connectivity index (χ1n) is 7.75. The minimum absolute atomic E-state index is 0.0244. The standard InChI is InChI=1S/C19H14N4O2S/c1-11-12(2)26-19-16(11)18(24)22-17(23-19)14(10-21)9-13-3-5-15(6-4-13)25-8-7-20/h3-6,9H,8H2,1-2H3,(H,22,23,24)/b14-9+. The Morgan fingerprint density at radius 3 is 2.69 bits per heavy atom. The van der Waals surface area contributed by atoms with E-state index in [0.717, 1.165) is 16.0 Å². The third kappa shape index (κ3) is 3.34. The third-order valence-electron chi connectivity index (χ3n) is 3.91. The van der Waals surface area contributed by atoms with E-state index < -0.39 is 0 Å². The number of fused-ring (bicyclic) bond motifs is 1. The summed E-state index contributed by atoms with van der Waals surface area (Å²) in [6.07, 6.45) is 1.64. The maximum atomic E-state index is 12.4. The Morgan fingerprint density at radius 2 is 2.04 bits per heavy atom. The number of ether oxygens (including phenoxy) is 1. The maximum absolute atomic E-state index is 12.4. The van der Waals surface area contributed by atoms with Gasteiger partial charge >= 0.3 is 0 Å². The number of hydrogen-bond acceptors (Lipinski definition) is 6. The van der Waals surface area contributed by atoms with E-state index in [4.69, 9.17) is 10.00 Å². The van der Waals surface area contributed by atoms with Gasteiger partial charge in [0.05, 0.1) is 11.0 Å². The van der Waals surface area contributed by atoms with Crippen molar-refractivity contribution in [1.82, 2.24) is 9.97 Å². The number of thiophene rings is 1. The van der Waals surface area contributed by atoms with E-state index in [2.05, 4.69) is 16.0 Å². The number of H-pyrrole nitrogens is 1. The summed E-state index contributed by atoms with van der Waals surface area (Å²) in [5, 5.41) is 18.6. The molecule has 0 saturated heterocycles. The fourth-order valence-electron chi connectivity index (χ4n) is 2.48. The van der Waals surface area contributed by atoms with Gasteiger partial charge in [0.2, 0.25) is 0 Å². The number of nitrogens with one attached hydrogen (secondary N) is 1. The Morgan fingerprint density at radius 1 is 1.31 bits per heavy atom. The second kappa shape index (κ2) is 7.22. The molecule has 0 fully saturated rings. The third-order valence-corrected chi connectivity index (χ3v) is 5.01. The summed E-state index contributed by atoms with van der Waals surface area (Å²) in [5.74, 6) is 0.816. The molecule has 26 heavy (non-hydrogen) atoms. The molecule has 0 aliphatic rings. The van der Waals surface area contributed by atoms with Crippen LogP contribution in [0.25, 0.3) is 21.9 Å². The molecule has 3 aromatic rings. The fourth-order valence-corrected chi connectivity index (χ4v) is 3.51. The molecule has 0 bridgehead atoms. The average Bonchev–Trinajstić information content (AvgIpc) is 2.93. The number of nitrogens with zero attached hydrogens (tertiary/aromatic N) is 3. The fraction of sp³-hybridized carbons (Fsp3) is 0.158. The van der Waals surface area contributed by atoms with Crippen LogP contribution in [0.5, 0.6) is 5.75 Å². The van der Waals surface area contributed by atoms with Crippen LogP contribution in [-0.4, -0.2) is 16.6 Å². The molecular formula is C19H14N4O2S. The van der Waals surface area contributed by atoms with Crippen molar-refractivity contribution in [3.63, 3.8) is 0 Å². The van der Waals surface area contributed by atoms with Crippen LogP contribution < -0.4 is 10.3 Å². The minimum atomic E-state index is -0.242. The van der Waals surface area contributed by atoms with Gasteiger partial charge in [-0.05, 0) is 43.2 Å². The van der Waals surface area contributed by atoms with E-state index in [1.165, 1.54) is 11.3 Å². The zero-order valence-electron chi connectivity index (χ0n) is 14.2. The van der Waals surface area contributed by atoms with Crippen LogP contribution in [0, 0.1) is 36.5 Å². The quantitative estimate of drug-likeness (QED) is 0.715. The second-order valence-electron chi connectivity index (χ2n) is 5.56. The number of benzene rings is 1. The molecule has 3 rings (SSSR count). The van der Waals surface area contributed by atoms with Crippen LogP contribution in [-0.2, 0) is 0 Å². The summed E-state index contributed by atoms with van der Waals surface area (Å²) in [4.78, 5) is 21.2. The van der Waals surface area contributed by atoms with E-state index in [1.54, 1.807) is 30.3 Å². The van der Waals surface area contributed by atoms with Gasteiger partial charge in [-0.3, -0.25) is 4.79 Å². The summed E-state index contributed by atoms with van der Waals surface area (Å²) in [6.45, 7) is 3.81. The van der Waals surface area contributed by atoms with E-state index in [1.807, 2.05) is 19.9 Å². The van der Waals surface area contributed by atoms with Crippen molar-refractivity contribution in [3.8, 4) is 17.9 Å². The number of nitriles is 2. The van der Waals surface area contributed by atoms with Crippen molar-refractivity contribution >= 4 is 33.2 Å². The van der Waals surface area contributed by atoms with Gasteiger partial charge in [0.25, 0.3) is 5.56 Å². The predicted octanol–water partition coefficient (Wildman–Crippen LogP) is 3.57. The lowest BCUT2D eigenvalue weighted by Crippen LogP contribution is -2.10. The van der Waals surface area contributed by atoms with Gasteiger partial charge < -0.3 is 9.72 Å². The highest BCUT2D eigenvalue weighted by molar-refractivity contribution is 7.18. The van der Waals surface area contributed by atoms with Gasteiger partial charge in [-0.25, -0.2) is 4.98 Å². The Balaban J connectivity index is 2.00. The first-order valence-corrected chi connectivity index (χ1v) is 8.57. The molecule has 0 atom stereocenters. The summed E-state index contributed by atoms with van der Waals surface area (Å²) < 4.78 is 5.20. The second-order valence-corrected chi connectivity index (χ2v) is 6.77. The van der Waals surface area contributed by atoms with Crippen molar-refractivity contribution in [3.05, 3.63) is 56.4 Å². The van der Waals surface area contributed by atoms with Crippen LogP contribution in [0.3, 0.4) is 0 Å². The lowest BCUT2D eigenvalue weighted by atomic mass is 10.1. The number of allylic oxidation sites excluding steroid dienone is 1. The Labute approximate surface area is 153 Å². The van der Waals surface area contributed by atoms with E-state index in [0.29, 0.717) is 16.0 Å². The van der Waals surface area contributed by atoms with Gasteiger partial charge in [0, 0.05) is 4.88 Å². The molecule has 0 spiro atoms. The molecule has 6 nitrogen and oxygen atoms in total. The first-order chi connectivity index (χ1) is 12.5. The highest BCUT2D eigenvalue weighted by Crippen LogP contribution is 2.27. The molecule has 2 heterocycles. The molecule has 2 aromatic heterocycles. The summed E-state index contributed by atoms with van der Waals surface area (Å²) in [5.41, 5.74) is 1.69. The van der Waals surface area contributed by atoms with Crippen molar-refractivity contribution < 1.29 is 4.74 Å². The maximum Gasteiger partial charge on any atom is 0.260 e. The van der Waals surface area contributed by atoms with Crippen molar-refractivity contribution in [2.45, 2.75) is 13.8 Å². The Hall–Kier alpha value is -3.42. The normalized spacial score (nSPS) is 11.2. The summed E-state index contributed by atoms with van der Waals surface area (Å²) in [6, 6.07) is 10.9. The SMILES string of the molecule is Cc1sc2nc(/C(C#N)=C/c3ccc(OCC#N)cc3)[nH]c(=O)c2c1C. The molecule has 0 aliphatic carbocycles. The molecule has 0 saturated carbocycles. The molecular weight excluding hydrogens is 348 g/mol. The lowest BCUT2D eigenvalue weighted by molar-refractivity contribution is 0.368. The summed E-state index contributed by atoms with van der Waals surface area (Å²) >= 11 is 1.44. The number of hydrogen-bond donors (Lipinski definition) is 1. The van der Waals surface area contributed by atoms with Crippen LogP contribution in [0.4, 0.5) is 0 Å². The minimum Gasteiger partial charge on any atom is -0.479 e. The molecule has 1 aromatic carbocycles. The van der Waals surface area contributed by atoms with Gasteiger partial charge in [0.1, 0.15) is 22.7 Å². The average molecular weight is 362 g/mol. The number of aromatic nitrogens is 2. The lowest BCUT2D eigenvalue weighted by Gasteiger charge is -2.03. The Kier molecular flexibility index (Phi) is 4.83. The number of rotatable bonds is 4. The highest BCUT2D eigenvalue weighted by atomic mass is 32.1. The molecule has 1 N–H and O–H groups in total. The van der Waals surface area contributed by atoms with Gasteiger partial charge in [0.15, 0.2) is 12.4 Å². The van der Waals surface area contributed by atoms with Crippen LogP contribution in [0.2, 0.25) is 0 Å². The van der Waals surface area contributed by atoms with Crippen LogP contribution in [0.15, 0.2) is 29.1 Å². The zero-order chi connectivity index (χ0) is 18.7. The van der Waals surface area contributed by atoms with Crippen LogP contribution >= 0.6 is 11.3 Å². The van der Waals surface area contributed by atoms with E-state index in [-0.39, 0.29) is 23.6 Å². The van der Waals surface area contributed by atoms with Gasteiger partial charge in [-0.2, -0.15) is 10.5 Å². The smallest absolute Gasteiger partial charge is 0.260 e. The van der Waals surface area contributed by atoms with Crippen LogP contribution in [0.1, 0.15) is 21.8 Å². The molecule has 128 valence electrons. The molecule has 0 aliphatic heterocycles. The van der Waals surface area contributed by atoms with E-state index >= 15 is 0 Å². The predicted molar refractivity (Wildman–Crippen MR) is 101 cm³/mol.